The third kappa shape index (κ3) is 2.81. The van der Waals surface area contributed by atoms with E-state index >= 15 is 0 Å². The minimum absolute atomic E-state index is 0.0792. The van der Waals surface area contributed by atoms with Crippen LogP contribution in [0.1, 0.15) is 38.2 Å². The molecule has 0 radical (unpaired) electrons. The smallest absolute Gasteiger partial charge is 0.123 e. The van der Waals surface area contributed by atoms with Crippen LogP contribution in [-0.2, 0) is 0 Å². The van der Waals surface area contributed by atoms with Crippen molar-refractivity contribution in [2.24, 2.45) is 0 Å². The molecule has 0 bridgehead atoms. The lowest BCUT2D eigenvalue weighted by molar-refractivity contribution is 0.138. The SMILES string of the molecule is CCCC(O)C(C)c1ccc(F)cc1. The molecule has 1 nitrogen and oxygen atoms in total. The zero-order valence-electron chi connectivity index (χ0n) is 8.70. The molecule has 0 heterocycles. The van der Waals surface area contributed by atoms with E-state index in [2.05, 4.69) is 0 Å². The second kappa shape index (κ2) is 5.11. The Balaban J connectivity index is 2.68. The van der Waals surface area contributed by atoms with E-state index in [1.165, 1.54) is 12.1 Å². The summed E-state index contributed by atoms with van der Waals surface area (Å²) in [4.78, 5) is 0. The Kier molecular flexibility index (Phi) is 4.08. The van der Waals surface area contributed by atoms with Crippen LogP contribution in [0.5, 0.6) is 0 Å². The standard InChI is InChI=1S/C12H17FO/c1-3-4-12(14)9(2)10-5-7-11(13)8-6-10/h5-9,12,14H,3-4H2,1-2H3. The van der Waals surface area contributed by atoms with Gasteiger partial charge in [-0.3, -0.25) is 0 Å². The quantitative estimate of drug-likeness (QED) is 0.784. The highest BCUT2D eigenvalue weighted by atomic mass is 19.1. The normalized spacial score (nSPS) is 15.1. The molecule has 0 aliphatic carbocycles. The molecule has 0 amide bonds. The fraction of sp³-hybridized carbons (Fsp3) is 0.500. The van der Waals surface area contributed by atoms with Gasteiger partial charge in [-0.15, -0.1) is 0 Å². The molecule has 2 unspecified atom stereocenters. The third-order valence-corrected chi connectivity index (χ3v) is 2.56. The highest BCUT2D eigenvalue weighted by Crippen LogP contribution is 2.21. The van der Waals surface area contributed by atoms with Gasteiger partial charge < -0.3 is 5.11 Å². The van der Waals surface area contributed by atoms with Gasteiger partial charge in [0.05, 0.1) is 6.10 Å². The summed E-state index contributed by atoms with van der Waals surface area (Å²) in [6.07, 6.45) is 1.43. The Hall–Kier alpha value is -0.890. The molecular formula is C12H17FO. The van der Waals surface area contributed by atoms with Gasteiger partial charge in [0, 0.05) is 5.92 Å². The van der Waals surface area contributed by atoms with E-state index in [9.17, 15) is 9.50 Å². The molecule has 0 aromatic heterocycles. The highest BCUT2D eigenvalue weighted by molar-refractivity contribution is 5.20. The first-order chi connectivity index (χ1) is 6.65. The number of aliphatic hydroxyl groups is 1. The molecule has 0 fully saturated rings. The second-order valence-corrected chi connectivity index (χ2v) is 3.70. The zero-order chi connectivity index (χ0) is 10.6. The molecular weight excluding hydrogens is 179 g/mol. The number of benzene rings is 1. The van der Waals surface area contributed by atoms with Crippen LogP contribution >= 0.6 is 0 Å². The Labute approximate surface area is 84.6 Å². The summed E-state index contributed by atoms with van der Waals surface area (Å²) in [7, 11) is 0. The first-order valence-electron chi connectivity index (χ1n) is 5.08. The van der Waals surface area contributed by atoms with Crippen LogP contribution in [0.25, 0.3) is 0 Å². The summed E-state index contributed by atoms with van der Waals surface area (Å²) in [5.74, 6) is -0.151. The van der Waals surface area contributed by atoms with E-state index in [0.29, 0.717) is 0 Å². The molecule has 0 aliphatic rings. The third-order valence-electron chi connectivity index (χ3n) is 2.56. The number of aliphatic hydroxyl groups excluding tert-OH is 1. The second-order valence-electron chi connectivity index (χ2n) is 3.70. The van der Waals surface area contributed by atoms with Crippen LogP contribution in [0.15, 0.2) is 24.3 Å². The van der Waals surface area contributed by atoms with Gasteiger partial charge >= 0.3 is 0 Å². The summed E-state index contributed by atoms with van der Waals surface area (Å²) in [5, 5.41) is 9.75. The minimum Gasteiger partial charge on any atom is -0.393 e. The largest absolute Gasteiger partial charge is 0.393 e. The maximum absolute atomic E-state index is 12.6. The van der Waals surface area contributed by atoms with E-state index in [0.717, 1.165) is 18.4 Å². The van der Waals surface area contributed by atoms with Crippen molar-refractivity contribution in [3.63, 3.8) is 0 Å². The fourth-order valence-corrected chi connectivity index (χ4v) is 1.53. The van der Waals surface area contributed by atoms with Crippen LogP contribution < -0.4 is 0 Å². The van der Waals surface area contributed by atoms with Gasteiger partial charge in [-0.25, -0.2) is 4.39 Å². The molecule has 2 atom stereocenters. The highest BCUT2D eigenvalue weighted by Gasteiger charge is 2.14. The summed E-state index contributed by atoms with van der Waals surface area (Å²) in [5.41, 5.74) is 0.993. The molecule has 1 N–H and O–H groups in total. The molecule has 0 saturated heterocycles. The van der Waals surface area contributed by atoms with Crippen molar-refractivity contribution in [1.29, 1.82) is 0 Å². The van der Waals surface area contributed by atoms with Crippen LogP contribution in [0, 0.1) is 5.82 Å². The molecule has 14 heavy (non-hydrogen) atoms. The molecule has 1 aromatic carbocycles. The van der Waals surface area contributed by atoms with Crippen LogP contribution in [0.4, 0.5) is 4.39 Å². The Morgan fingerprint density at radius 1 is 1.29 bits per heavy atom. The van der Waals surface area contributed by atoms with Crippen LogP contribution in [-0.4, -0.2) is 11.2 Å². The average molecular weight is 196 g/mol. The number of rotatable bonds is 4. The van der Waals surface area contributed by atoms with Crippen molar-refractivity contribution in [3.05, 3.63) is 35.6 Å². The maximum Gasteiger partial charge on any atom is 0.123 e. The number of hydrogen-bond acceptors (Lipinski definition) is 1. The lowest BCUT2D eigenvalue weighted by atomic mass is 9.93. The predicted molar refractivity (Wildman–Crippen MR) is 55.7 cm³/mol. The Morgan fingerprint density at radius 2 is 1.86 bits per heavy atom. The van der Waals surface area contributed by atoms with E-state index in [1.807, 2.05) is 13.8 Å². The lowest BCUT2D eigenvalue weighted by Crippen LogP contribution is -2.15. The van der Waals surface area contributed by atoms with Crippen molar-refractivity contribution >= 4 is 0 Å². The number of halogens is 1. The lowest BCUT2D eigenvalue weighted by Gasteiger charge is -2.18. The fourth-order valence-electron chi connectivity index (χ4n) is 1.53. The first-order valence-corrected chi connectivity index (χ1v) is 5.08. The van der Waals surface area contributed by atoms with Crippen LogP contribution in [0.3, 0.4) is 0 Å². The van der Waals surface area contributed by atoms with Gasteiger partial charge in [0.15, 0.2) is 0 Å². The summed E-state index contributed by atoms with van der Waals surface area (Å²) in [6.45, 7) is 4.01. The van der Waals surface area contributed by atoms with Gasteiger partial charge in [-0.05, 0) is 24.1 Å². The van der Waals surface area contributed by atoms with Gasteiger partial charge in [0.2, 0.25) is 0 Å². The minimum atomic E-state index is -0.328. The van der Waals surface area contributed by atoms with Gasteiger partial charge in [-0.1, -0.05) is 32.4 Å². The van der Waals surface area contributed by atoms with Crippen molar-refractivity contribution in [2.75, 3.05) is 0 Å². The monoisotopic (exact) mass is 196 g/mol. The molecule has 0 saturated carbocycles. The van der Waals surface area contributed by atoms with Gasteiger partial charge in [-0.2, -0.15) is 0 Å². The van der Waals surface area contributed by atoms with E-state index in [4.69, 9.17) is 0 Å². The first kappa shape index (κ1) is 11.2. The average Bonchev–Trinajstić information content (AvgIpc) is 2.18. The van der Waals surface area contributed by atoms with Crippen molar-refractivity contribution in [2.45, 2.75) is 38.7 Å². The van der Waals surface area contributed by atoms with Crippen molar-refractivity contribution in [1.82, 2.24) is 0 Å². The molecule has 1 aromatic rings. The predicted octanol–water partition coefficient (Wildman–Crippen LogP) is 3.09. The summed E-state index contributed by atoms with van der Waals surface area (Å²) >= 11 is 0. The molecule has 0 aliphatic heterocycles. The van der Waals surface area contributed by atoms with Crippen molar-refractivity contribution in [3.8, 4) is 0 Å². The molecule has 78 valence electrons. The Bertz CT molecular complexity index is 268. The van der Waals surface area contributed by atoms with Crippen molar-refractivity contribution < 1.29 is 9.50 Å². The molecule has 0 spiro atoms. The van der Waals surface area contributed by atoms with Gasteiger partial charge in [0.25, 0.3) is 0 Å². The maximum atomic E-state index is 12.6. The van der Waals surface area contributed by atoms with Gasteiger partial charge in [0.1, 0.15) is 5.82 Å². The topological polar surface area (TPSA) is 20.2 Å². The summed E-state index contributed by atoms with van der Waals surface area (Å²) < 4.78 is 12.6. The molecule has 1 rings (SSSR count). The van der Waals surface area contributed by atoms with Crippen LogP contribution in [0.2, 0.25) is 0 Å². The van der Waals surface area contributed by atoms with E-state index < -0.39 is 0 Å². The van der Waals surface area contributed by atoms with E-state index in [1.54, 1.807) is 12.1 Å². The zero-order valence-corrected chi connectivity index (χ0v) is 8.70. The molecule has 2 heteroatoms. The van der Waals surface area contributed by atoms with E-state index in [-0.39, 0.29) is 17.8 Å². The summed E-state index contributed by atoms with van der Waals surface area (Å²) in [6, 6.07) is 6.34. The Morgan fingerprint density at radius 3 is 2.36 bits per heavy atom. The number of hydrogen-bond donors (Lipinski definition) is 1.